The number of nitrogens with one attached hydrogen (secondary N) is 2. The monoisotopic (exact) mass is 372 g/mol. The van der Waals surface area contributed by atoms with Crippen LogP contribution in [0.1, 0.15) is 96.8 Å². The summed E-state index contributed by atoms with van der Waals surface area (Å²) in [6, 6.07) is 0. The van der Waals surface area contributed by atoms with Crippen LogP contribution in [-0.2, 0) is 14.3 Å². The molecule has 1 rings (SSSR count). The largest absolute Gasteiger partial charge is 0.414 e. The van der Waals surface area contributed by atoms with Crippen LogP contribution in [0, 0.1) is 0 Å². The first-order chi connectivity index (χ1) is 12.1. The van der Waals surface area contributed by atoms with E-state index in [4.69, 9.17) is 4.74 Å². The molecular formula is C19H36N2O3S. The van der Waals surface area contributed by atoms with E-state index in [0.29, 0.717) is 6.42 Å². The van der Waals surface area contributed by atoms with E-state index in [1.54, 1.807) is 0 Å². The zero-order chi connectivity index (χ0) is 18.4. The molecule has 1 amide bonds. The molecule has 0 aliphatic carbocycles. The first kappa shape index (κ1) is 22.3. The minimum atomic E-state index is -1.33. The molecule has 1 saturated heterocycles. The van der Waals surface area contributed by atoms with Gasteiger partial charge in [0.2, 0.25) is 5.91 Å². The Morgan fingerprint density at radius 1 is 1.00 bits per heavy atom. The predicted molar refractivity (Wildman–Crippen MR) is 104 cm³/mol. The van der Waals surface area contributed by atoms with E-state index < -0.39 is 11.2 Å². The van der Waals surface area contributed by atoms with Gasteiger partial charge in [0, 0.05) is 6.42 Å². The Balaban J connectivity index is 1.84. The molecule has 0 aromatic rings. The topological polar surface area (TPSA) is 67.4 Å². The summed E-state index contributed by atoms with van der Waals surface area (Å²) in [5.41, 5.74) is 0. The third-order valence-electron chi connectivity index (χ3n) is 4.55. The van der Waals surface area contributed by atoms with E-state index in [-0.39, 0.29) is 12.5 Å². The van der Waals surface area contributed by atoms with Gasteiger partial charge in [-0.2, -0.15) is 0 Å². The summed E-state index contributed by atoms with van der Waals surface area (Å²) in [7, 11) is 0. The molecule has 0 saturated carbocycles. The second-order valence-corrected chi connectivity index (χ2v) is 7.64. The lowest BCUT2D eigenvalue weighted by atomic mass is 10.0. The number of thiol groups is 1. The lowest BCUT2D eigenvalue weighted by Gasteiger charge is -2.22. The third-order valence-corrected chi connectivity index (χ3v) is 4.91. The minimum Gasteiger partial charge on any atom is -0.414 e. The van der Waals surface area contributed by atoms with Gasteiger partial charge in [-0.25, -0.2) is 5.32 Å². The van der Waals surface area contributed by atoms with Crippen molar-refractivity contribution in [3.05, 3.63) is 0 Å². The lowest BCUT2D eigenvalue weighted by Crippen LogP contribution is -2.52. The number of ether oxygens (including phenoxy) is 1. The van der Waals surface area contributed by atoms with E-state index in [9.17, 15) is 9.59 Å². The minimum absolute atomic E-state index is 0.0719. The lowest BCUT2D eigenvalue weighted by molar-refractivity contribution is -0.145. The van der Waals surface area contributed by atoms with Crippen molar-refractivity contribution in [2.45, 2.75) is 102 Å². The van der Waals surface area contributed by atoms with E-state index in [2.05, 4.69) is 30.2 Å². The van der Waals surface area contributed by atoms with Crippen LogP contribution < -0.4 is 10.6 Å². The summed E-state index contributed by atoms with van der Waals surface area (Å²) >= 11 is 4.14. The number of cyclic esters (lactones) is 1. The van der Waals surface area contributed by atoms with Crippen molar-refractivity contribution in [2.75, 3.05) is 6.54 Å². The second-order valence-electron chi connectivity index (χ2n) is 7.01. The van der Waals surface area contributed by atoms with Crippen molar-refractivity contribution >= 4 is 24.5 Å². The number of hydrogen-bond acceptors (Lipinski definition) is 5. The number of carbonyl (C=O) groups is 2. The third kappa shape index (κ3) is 11.5. The van der Waals surface area contributed by atoms with Gasteiger partial charge in [0.1, 0.15) is 0 Å². The number of unbranched alkanes of at least 4 members (excludes halogenated alkanes) is 12. The average molecular weight is 373 g/mol. The molecule has 0 bridgehead atoms. The van der Waals surface area contributed by atoms with Gasteiger partial charge in [0.15, 0.2) is 0 Å². The molecule has 0 spiro atoms. The zero-order valence-electron chi connectivity index (χ0n) is 15.8. The molecule has 1 aliphatic heterocycles. The molecule has 5 nitrogen and oxygen atoms in total. The Hall–Kier alpha value is -0.750. The Labute approximate surface area is 158 Å². The summed E-state index contributed by atoms with van der Waals surface area (Å²) < 4.78 is 4.92. The molecule has 0 aromatic carbocycles. The van der Waals surface area contributed by atoms with E-state index >= 15 is 0 Å². The molecule has 0 radical (unpaired) electrons. The fraction of sp³-hybridized carbons (Fsp3) is 0.895. The van der Waals surface area contributed by atoms with Gasteiger partial charge in [-0.1, -0.05) is 96.6 Å². The number of carbonyl (C=O) groups excluding carboxylic acids is 2. The predicted octanol–water partition coefficient (Wildman–Crippen LogP) is 4.27. The highest BCUT2D eigenvalue weighted by molar-refractivity contribution is 7.81. The van der Waals surface area contributed by atoms with Crippen molar-refractivity contribution in [1.29, 1.82) is 0 Å². The number of rotatable bonds is 15. The smallest absolute Gasteiger partial charge is 0.323 e. The molecular weight excluding hydrogens is 336 g/mol. The van der Waals surface area contributed by atoms with Gasteiger partial charge in [-0.3, -0.25) is 14.9 Å². The Kier molecular flexibility index (Phi) is 12.0. The highest BCUT2D eigenvalue weighted by atomic mass is 32.1. The summed E-state index contributed by atoms with van der Waals surface area (Å²) in [5, 5.41) is 3.99. The molecule has 1 heterocycles. The Morgan fingerprint density at radius 3 is 1.92 bits per heavy atom. The summed E-state index contributed by atoms with van der Waals surface area (Å²) in [4.78, 5) is 22.9. The molecule has 25 heavy (non-hydrogen) atoms. The van der Waals surface area contributed by atoms with Gasteiger partial charge in [-0.05, 0) is 6.42 Å². The Morgan fingerprint density at radius 2 is 1.48 bits per heavy atom. The quantitative estimate of drug-likeness (QED) is 0.174. The maximum Gasteiger partial charge on any atom is 0.323 e. The van der Waals surface area contributed by atoms with Crippen molar-refractivity contribution in [3.63, 3.8) is 0 Å². The maximum atomic E-state index is 11.8. The first-order valence-electron chi connectivity index (χ1n) is 10.1. The van der Waals surface area contributed by atoms with E-state index in [1.807, 2.05) is 0 Å². The standard InChI is InChI=1S/C19H36N2O3S/c1-2-3-4-5-6-7-8-9-10-11-12-13-14-15-17(22)21-19(25)20-16-18(23)24-19/h20,25H,2-16H2,1H3,(H,21,22). The summed E-state index contributed by atoms with van der Waals surface area (Å²) in [5.74, 6) is -0.545. The van der Waals surface area contributed by atoms with Gasteiger partial charge in [-0.15, -0.1) is 0 Å². The molecule has 1 atom stereocenters. The van der Waals surface area contributed by atoms with Crippen molar-refractivity contribution in [1.82, 2.24) is 10.6 Å². The second kappa shape index (κ2) is 13.5. The van der Waals surface area contributed by atoms with Crippen LogP contribution in [0.15, 0.2) is 0 Å². The normalized spacial score (nSPS) is 19.8. The highest BCUT2D eigenvalue weighted by Crippen LogP contribution is 2.16. The van der Waals surface area contributed by atoms with Crippen LogP contribution in [-0.4, -0.2) is 23.6 Å². The van der Waals surface area contributed by atoms with Crippen molar-refractivity contribution in [3.8, 4) is 0 Å². The van der Waals surface area contributed by atoms with Crippen LogP contribution in [0.4, 0.5) is 0 Å². The first-order valence-corrected chi connectivity index (χ1v) is 10.5. The molecule has 1 fully saturated rings. The molecule has 146 valence electrons. The summed E-state index contributed by atoms with van der Waals surface area (Å²) in [6.07, 6.45) is 17.1. The van der Waals surface area contributed by atoms with E-state index in [0.717, 1.165) is 12.8 Å². The Bertz CT molecular complexity index is 393. The molecule has 6 heteroatoms. The van der Waals surface area contributed by atoms with E-state index in [1.165, 1.54) is 70.6 Å². The van der Waals surface area contributed by atoms with Crippen molar-refractivity contribution < 1.29 is 14.3 Å². The highest BCUT2D eigenvalue weighted by Gasteiger charge is 2.37. The maximum absolute atomic E-state index is 11.8. The fourth-order valence-corrected chi connectivity index (χ4v) is 3.36. The average Bonchev–Trinajstić information content (AvgIpc) is 2.90. The zero-order valence-corrected chi connectivity index (χ0v) is 16.7. The van der Waals surface area contributed by atoms with Crippen LogP contribution in [0.2, 0.25) is 0 Å². The van der Waals surface area contributed by atoms with Crippen LogP contribution >= 0.6 is 12.6 Å². The molecule has 0 aromatic heterocycles. The SMILES string of the molecule is CCCCCCCCCCCCCCCC(=O)NC1(S)NCC(=O)O1. The van der Waals surface area contributed by atoms with Crippen molar-refractivity contribution in [2.24, 2.45) is 0 Å². The molecule has 2 N–H and O–H groups in total. The molecule has 1 aliphatic rings. The fourth-order valence-electron chi connectivity index (χ4n) is 3.05. The van der Waals surface area contributed by atoms with Gasteiger partial charge < -0.3 is 4.74 Å². The molecule has 1 unspecified atom stereocenters. The van der Waals surface area contributed by atoms with Gasteiger partial charge >= 0.3 is 5.97 Å². The van der Waals surface area contributed by atoms with Crippen LogP contribution in [0.25, 0.3) is 0 Å². The van der Waals surface area contributed by atoms with Gasteiger partial charge in [0.05, 0.1) is 6.54 Å². The number of hydrogen-bond donors (Lipinski definition) is 3. The van der Waals surface area contributed by atoms with Gasteiger partial charge in [0.25, 0.3) is 5.18 Å². The number of esters is 1. The van der Waals surface area contributed by atoms with Crippen LogP contribution in [0.5, 0.6) is 0 Å². The number of amides is 1. The summed E-state index contributed by atoms with van der Waals surface area (Å²) in [6.45, 7) is 2.33. The van der Waals surface area contributed by atoms with Crippen LogP contribution in [0.3, 0.4) is 0 Å².